The van der Waals surface area contributed by atoms with Gasteiger partial charge in [-0.15, -0.1) is 0 Å². The zero-order chi connectivity index (χ0) is 13.8. The zero-order valence-corrected chi connectivity index (χ0v) is 9.83. The van der Waals surface area contributed by atoms with Crippen molar-refractivity contribution >= 4 is 11.8 Å². The van der Waals surface area contributed by atoms with Crippen molar-refractivity contribution in [3.8, 4) is 17.2 Å². The van der Waals surface area contributed by atoms with Crippen molar-refractivity contribution in [2.45, 2.75) is 0 Å². The first-order valence-corrected chi connectivity index (χ1v) is 5.50. The molecule has 19 heavy (non-hydrogen) atoms. The molecule has 0 atom stereocenters. The summed E-state index contributed by atoms with van der Waals surface area (Å²) in [7, 11) is 0. The van der Waals surface area contributed by atoms with Gasteiger partial charge in [-0.2, -0.15) is 5.26 Å². The first-order valence-electron chi connectivity index (χ1n) is 5.50. The monoisotopic (exact) mass is 251 g/mol. The SMILES string of the molecule is N#Cc1ccc(-c2ccc(C(=O)C(=O)O)cc2)cc1. The van der Waals surface area contributed by atoms with Gasteiger partial charge in [0, 0.05) is 5.56 Å². The Balaban J connectivity index is 2.29. The Labute approximate surface area is 109 Å². The van der Waals surface area contributed by atoms with Crippen molar-refractivity contribution in [1.29, 1.82) is 5.26 Å². The molecule has 1 N–H and O–H groups in total. The van der Waals surface area contributed by atoms with Crippen LogP contribution in [0.1, 0.15) is 15.9 Å². The summed E-state index contributed by atoms with van der Waals surface area (Å²) in [5, 5.41) is 17.3. The van der Waals surface area contributed by atoms with Gasteiger partial charge in [0.25, 0.3) is 5.78 Å². The molecule has 0 amide bonds. The number of carbonyl (C=O) groups excluding carboxylic acids is 1. The van der Waals surface area contributed by atoms with Crippen LogP contribution in [0, 0.1) is 11.3 Å². The summed E-state index contributed by atoms with van der Waals surface area (Å²) in [6.07, 6.45) is 0. The molecule has 92 valence electrons. The van der Waals surface area contributed by atoms with Crippen LogP contribution in [-0.4, -0.2) is 16.9 Å². The lowest BCUT2D eigenvalue weighted by molar-refractivity contribution is -0.131. The fourth-order valence-electron chi connectivity index (χ4n) is 1.67. The third-order valence-electron chi connectivity index (χ3n) is 2.69. The second-order valence-corrected chi connectivity index (χ2v) is 3.90. The van der Waals surface area contributed by atoms with Crippen LogP contribution in [-0.2, 0) is 4.79 Å². The number of rotatable bonds is 3. The average molecular weight is 251 g/mol. The molecular formula is C15H9NO3. The van der Waals surface area contributed by atoms with Crippen LogP contribution < -0.4 is 0 Å². The molecular weight excluding hydrogens is 242 g/mol. The number of Topliss-reactive ketones (excluding diaryl/α,β-unsaturated/α-hetero) is 1. The Morgan fingerprint density at radius 3 is 1.79 bits per heavy atom. The number of nitriles is 1. The van der Waals surface area contributed by atoms with Crippen LogP contribution in [0.15, 0.2) is 48.5 Å². The van der Waals surface area contributed by atoms with E-state index in [0.29, 0.717) is 5.56 Å². The lowest BCUT2D eigenvalue weighted by Gasteiger charge is -2.02. The van der Waals surface area contributed by atoms with Gasteiger partial charge in [0.1, 0.15) is 0 Å². The minimum absolute atomic E-state index is 0.143. The highest BCUT2D eigenvalue weighted by Gasteiger charge is 2.13. The van der Waals surface area contributed by atoms with E-state index in [1.807, 2.05) is 6.07 Å². The quantitative estimate of drug-likeness (QED) is 0.671. The van der Waals surface area contributed by atoms with Crippen LogP contribution in [0.3, 0.4) is 0 Å². The number of hydrogen-bond acceptors (Lipinski definition) is 3. The number of carboxylic acid groups (broad SMARTS) is 1. The molecule has 0 saturated heterocycles. The van der Waals surface area contributed by atoms with Crippen molar-refractivity contribution in [2.24, 2.45) is 0 Å². The van der Waals surface area contributed by atoms with Crippen LogP contribution in [0.5, 0.6) is 0 Å². The number of ketones is 1. The van der Waals surface area contributed by atoms with Gasteiger partial charge in [-0.3, -0.25) is 4.79 Å². The first kappa shape index (κ1) is 12.5. The van der Waals surface area contributed by atoms with Gasteiger partial charge in [-0.05, 0) is 23.3 Å². The van der Waals surface area contributed by atoms with Gasteiger partial charge in [-0.25, -0.2) is 4.79 Å². The van der Waals surface area contributed by atoms with E-state index in [1.54, 1.807) is 36.4 Å². The smallest absolute Gasteiger partial charge is 0.377 e. The van der Waals surface area contributed by atoms with E-state index in [0.717, 1.165) is 11.1 Å². The fraction of sp³-hybridized carbons (Fsp3) is 0. The molecule has 2 rings (SSSR count). The molecule has 4 nitrogen and oxygen atoms in total. The Morgan fingerprint density at radius 2 is 1.37 bits per heavy atom. The number of aliphatic carboxylic acids is 1. The van der Waals surface area contributed by atoms with E-state index in [4.69, 9.17) is 10.4 Å². The predicted octanol–water partition coefficient (Wildman–Crippen LogP) is 2.49. The molecule has 0 saturated carbocycles. The first-order chi connectivity index (χ1) is 9.11. The van der Waals surface area contributed by atoms with E-state index in [9.17, 15) is 9.59 Å². The zero-order valence-electron chi connectivity index (χ0n) is 9.83. The van der Waals surface area contributed by atoms with E-state index < -0.39 is 11.8 Å². The molecule has 0 radical (unpaired) electrons. The van der Waals surface area contributed by atoms with Gasteiger partial charge in [-0.1, -0.05) is 36.4 Å². The van der Waals surface area contributed by atoms with E-state index >= 15 is 0 Å². The summed E-state index contributed by atoms with van der Waals surface area (Å²) in [6.45, 7) is 0. The third kappa shape index (κ3) is 2.67. The standard InChI is InChI=1S/C15H9NO3/c16-9-10-1-3-11(4-2-10)12-5-7-13(8-6-12)14(17)15(18)19/h1-8H,(H,18,19). The molecule has 0 spiro atoms. The summed E-state index contributed by atoms with van der Waals surface area (Å²) in [6, 6.07) is 15.3. The van der Waals surface area contributed by atoms with Gasteiger partial charge >= 0.3 is 5.97 Å². The average Bonchev–Trinajstić information content (AvgIpc) is 2.46. The molecule has 0 unspecified atom stereocenters. The maximum Gasteiger partial charge on any atom is 0.377 e. The van der Waals surface area contributed by atoms with Gasteiger partial charge in [0.15, 0.2) is 0 Å². The Hall–Kier alpha value is -2.93. The maximum absolute atomic E-state index is 11.2. The highest BCUT2D eigenvalue weighted by atomic mass is 16.4. The summed E-state index contributed by atoms with van der Waals surface area (Å²) < 4.78 is 0. The fourth-order valence-corrected chi connectivity index (χ4v) is 1.67. The van der Waals surface area contributed by atoms with Crippen LogP contribution in [0.25, 0.3) is 11.1 Å². The third-order valence-corrected chi connectivity index (χ3v) is 2.69. The van der Waals surface area contributed by atoms with Crippen molar-refractivity contribution in [3.05, 3.63) is 59.7 Å². The molecule has 0 aliphatic rings. The lowest BCUT2D eigenvalue weighted by atomic mass is 10.0. The van der Waals surface area contributed by atoms with E-state index in [2.05, 4.69) is 0 Å². The number of carbonyl (C=O) groups is 2. The molecule has 0 heterocycles. The Morgan fingerprint density at radius 1 is 0.895 bits per heavy atom. The number of carboxylic acids is 1. The molecule has 0 aliphatic carbocycles. The Bertz CT molecular complexity index is 664. The number of hydrogen-bond donors (Lipinski definition) is 1. The molecule has 2 aromatic rings. The van der Waals surface area contributed by atoms with Gasteiger partial charge in [0.2, 0.25) is 0 Å². The second kappa shape index (κ2) is 5.15. The highest BCUT2D eigenvalue weighted by Crippen LogP contribution is 2.20. The van der Waals surface area contributed by atoms with Crippen molar-refractivity contribution in [3.63, 3.8) is 0 Å². The maximum atomic E-state index is 11.2. The molecule has 0 bridgehead atoms. The number of benzene rings is 2. The minimum atomic E-state index is -1.47. The van der Waals surface area contributed by atoms with Crippen LogP contribution in [0.2, 0.25) is 0 Å². The molecule has 0 aromatic heterocycles. The minimum Gasteiger partial charge on any atom is -0.475 e. The molecule has 2 aromatic carbocycles. The normalized spacial score (nSPS) is 9.63. The highest BCUT2D eigenvalue weighted by molar-refractivity contribution is 6.39. The topological polar surface area (TPSA) is 78.2 Å². The molecule has 0 aliphatic heterocycles. The Kier molecular flexibility index (Phi) is 3.39. The van der Waals surface area contributed by atoms with Gasteiger partial charge < -0.3 is 5.11 Å². The molecule has 0 fully saturated rings. The lowest BCUT2D eigenvalue weighted by Crippen LogP contribution is -2.12. The number of nitrogens with zero attached hydrogens (tertiary/aromatic N) is 1. The largest absolute Gasteiger partial charge is 0.475 e. The van der Waals surface area contributed by atoms with Crippen molar-refractivity contribution in [1.82, 2.24) is 0 Å². The summed E-state index contributed by atoms with van der Waals surface area (Å²) >= 11 is 0. The summed E-state index contributed by atoms with van der Waals surface area (Å²) in [4.78, 5) is 21.8. The molecule has 4 heteroatoms. The van der Waals surface area contributed by atoms with Crippen LogP contribution >= 0.6 is 0 Å². The second-order valence-electron chi connectivity index (χ2n) is 3.90. The summed E-state index contributed by atoms with van der Waals surface area (Å²) in [5.74, 6) is -2.39. The van der Waals surface area contributed by atoms with Crippen molar-refractivity contribution < 1.29 is 14.7 Å². The van der Waals surface area contributed by atoms with E-state index in [1.165, 1.54) is 12.1 Å². The summed E-state index contributed by atoms with van der Waals surface area (Å²) in [5.41, 5.74) is 2.46. The van der Waals surface area contributed by atoms with Crippen molar-refractivity contribution in [2.75, 3.05) is 0 Å². The van der Waals surface area contributed by atoms with Crippen LogP contribution in [0.4, 0.5) is 0 Å². The predicted molar refractivity (Wildman–Crippen MR) is 68.6 cm³/mol. The van der Waals surface area contributed by atoms with E-state index in [-0.39, 0.29) is 5.56 Å². The van der Waals surface area contributed by atoms with Gasteiger partial charge in [0.05, 0.1) is 11.6 Å².